The van der Waals surface area contributed by atoms with E-state index in [1.807, 2.05) is 24.3 Å². The van der Waals surface area contributed by atoms with E-state index in [9.17, 15) is 0 Å². The van der Waals surface area contributed by atoms with Crippen LogP contribution in [0.3, 0.4) is 0 Å². The first kappa shape index (κ1) is 12.0. The van der Waals surface area contributed by atoms with Crippen molar-refractivity contribution in [3.63, 3.8) is 0 Å². The van der Waals surface area contributed by atoms with Gasteiger partial charge in [0.15, 0.2) is 11.4 Å². The third-order valence-electron chi connectivity index (χ3n) is 1.58. The van der Waals surface area contributed by atoms with Crippen molar-refractivity contribution in [1.29, 1.82) is 0 Å². The van der Waals surface area contributed by atoms with Crippen LogP contribution in [0.25, 0.3) is 0 Å². The van der Waals surface area contributed by atoms with Gasteiger partial charge >= 0.3 is 7.15 Å². The van der Waals surface area contributed by atoms with Crippen molar-refractivity contribution in [1.82, 2.24) is 0 Å². The highest BCUT2D eigenvalue weighted by atomic mass is 32.7. The van der Waals surface area contributed by atoms with Gasteiger partial charge in [-0.1, -0.05) is 12.1 Å². The molecular weight excluding hydrogens is 219 g/mol. The summed E-state index contributed by atoms with van der Waals surface area (Å²) in [7, 11) is 2.50. The molecule has 3 nitrogen and oxygen atoms in total. The smallest absolute Gasteiger partial charge is 0.172 e. The zero-order valence-electron chi connectivity index (χ0n) is 8.39. The maximum absolute atomic E-state index is 5.26. The van der Waals surface area contributed by atoms with E-state index in [0.717, 1.165) is 4.90 Å². The van der Waals surface area contributed by atoms with E-state index in [4.69, 9.17) is 13.6 Å². The molecule has 0 saturated carbocycles. The molecule has 0 N–H and O–H groups in total. The van der Waals surface area contributed by atoms with Crippen LogP contribution in [0, 0.1) is 6.07 Å². The predicted octanol–water partition coefficient (Wildman–Crippen LogP) is 3.20. The van der Waals surface area contributed by atoms with Crippen molar-refractivity contribution < 1.29 is 13.6 Å². The Morgan fingerprint density at radius 1 is 1.07 bits per heavy atom. The van der Waals surface area contributed by atoms with Crippen molar-refractivity contribution in [3.05, 3.63) is 30.3 Å². The normalized spacial score (nSPS) is 11.6. The maximum atomic E-state index is 5.26. The molecule has 0 bridgehead atoms. The van der Waals surface area contributed by atoms with E-state index in [2.05, 4.69) is 6.07 Å². The molecular formula is C9H13O3PS+. The summed E-state index contributed by atoms with van der Waals surface area (Å²) in [6.07, 6.45) is 0. The van der Waals surface area contributed by atoms with Crippen LogP contribution in [0.2, 0.25) is 0 Å². The van der Waals surface area contributed by atoms with E-state index in [1.54, 1.807) is 21.3 Å². The molecule has 0 fully saturated rings. The van der Waals surface area contributed by atoms with Gasteiger partial charge in [-0.25, -0.2) is 0 Å². The zero-order chi connectivity index (χ0) is 10.4. The van der Waals surface area contributed by atoms with Crippen molar-refractivity contribution in [3.8, 4) is 0 Å². The second-order valence-corrected chi connectivity index (χ2v) is 6.86. The molecule has 0 aliphatic rings. The van der Waals surface area contributed by atoms with Gasteiger partial charge in [-0.15, -0.1) is 0 Å². The van der Waals surface area contributed by atoms with Crippen LogP contribution in [0.4, 0.5) is 0 Å². The van der Waals surface area contributed by atoms with Crippen molar-refractivity contribution in [2.45, 2.75) is 4.90 Å². The lowest BCUT2D eigenvalue weighted by atomic mass is 10.4. The minimum Gasteiger partial charge on any atom is -0.172 e. The maximum Gasteiger partial charge on any atom is 0.485 e. The molecule has 0 spiro atoms. The molecule has 0 aromatic heterocycles. The van der Waals surface area contributed by atoms with Crippen molar-refractivity contribution in [2.75, 3.05) is 21.3 Å². The summed E-state index contributed by atoms with van der Waals surface area (Å²) in [6, 6.07) is 10.5. The van der Waals surface area contributed by atoms with Gasteiger partial charge in [-0.3, -0.25) is 0 Å². The van der Waals surface area contributed by atoms with Crippen molar-refractivity contribution in [2.24, 2.45) is 0 Å². The first-order valence-electron chi connectivity index (χ1n) is 3.98. The molecule has 77 valence electrons. The van der Waals surface area contributed by atoms with Crippen molar-refractivity contribution >= 4 is 18.5 Å². The summed E-state index contributed by atoms with van der Waals surface area (Å²) < 4.78 is 15.8. The quantitative estimate of drug-likeness (QED) is 0.729. The molecule has 0 saturated heterocycles. The molecule has 1 radical (unpaired) electrons. The molecule has 0 amide bonds. The molecule has 14 heavy (non-hydrogen) atoms. The monoisotopic (exact) mass is 232 g/mol. The van der Waals surface area contributed by atoms with Gasteiger partial charge in [0.05, 0.1) is 26.2 Å². The number of benzene rings is 1. The first-order valence-corrected chi connectivity index (χ1v) is 6.94. The molecule has 1 aromatic rings. The average Bonchev–Trinajstić information content (AvgIpc) is 2.28. The Hall–Kier alpha value is -0.120. The van der Waals surface area contributed by atoms with Crippen LogP contribution in [0.15, 0.2) is 29.2 Å². The van der Waals surface area contributed by atoms with E-state index >= 15 is 0 Å². The van der Waals surface area contributed by atoms with Crippen LogP contribution in [0.5, 0.6) is 0 Å². The van der Waals surface area contributed by atoms with Gasteiger partial charge in [0.1, 0.15) is 0 Å². The van der Waals surface area contributed by atoms with Crippen LogP contribution in [-0.2, 0) is 13.6 Å². The Bertz CT molecular complexity index is 256. The summed E-state index contributed by atoms with van der Waals surface area (Å²) in [5.74, 6) is 0. The molecule has 0 atom stereocenters. The van der Waals surface area contributed by atoms with Crippen LogP contribution in [-0.4, -0.2) is 21.3 Å². The van der Waals surface area contributed by atoms with E-state index in [1.165, 1.54) is 11.4 Å². The van der Waals surface area contributed by atoms with Gasteiger partial charge in [0.2, 0.25) is 0 Å². The van der Waals surface area contributed by atoms with Gasteiger partial charge in [0.25, 0.3) is 0 Å². The highest BCUT2D eigenvalue weighted by Crippen LogP contribution is 2.73. The second kappa shape index (κ2) is 5.69. The summed E-state index contributed by atoms with van der Waals surface area (Å²) in [4.78, 5) is 1.04. The summed E-state index contributed by atoms with van der Waals surface area (Å²) in [5, 5.41) is 0. The lowest BCUT2D eigenvalue weighted by Gasteiger charge is -2.13. The van der Waals surface area contributed by atoms with Crippen LogP contribution < -0.4 is 0 Å². The van der Waals surface area contributed by atoms with Crippen LogP contribution >= 0.6 is 18.5 Å². The number of hydrogen-bond acceptors (Lipinski definition) is 4. The topological polar surface area (TPSA) is 27.7 Å². The standard InChI is InChI=1S/C9H13O3PS/c1-10-13(11-2,12-3)14-9-7-5-4-6-8-9/h5-8H,1-3H3/q+1. The average molecular weight is 232 g/mol. The molecule has 1 aromatic carbocycles. The van der Waals surface area contributed by atoms with E-state index < -0.39 is 7.15 Å². The Morgan fingerprint density at radius 2 is 1.57 bits per heavy atom. The Morgan fingerprint density at radius 3 is 2.00 bits per heavy atom. The Balaban J connectivity index is 2.74. The van der Waals surface area contributed by atoms with Gasteiger partial charge in [0, 0.05) is 0 Å². The first-order chi connectivity index (χ1) is 6.76. The third-order valence-corrected chi connectivity index (χ3v) is 6.27. The largest absolute Gasteiger partial charge is 0.485 e. The fourth-order valence-electron chi connectivity index (χ4n) is 0.897. The third kappa shape index (κ3) is 2.94. The highest BCUT2D eigenvalue weighted by molar-refractivity contribution is 8.57. The molecule has 0 heterocycles. The number of hydrogen-bond donors (Lipinski definition) is 0. The minimum atomic E-state index is -2.26. The number of rotatable bonds is 5. The molecule has 0 aliphatic carbocycles. The lowest BCUT2D eigenvalue weighted by Crippen LogP contribution is -1.95. The van der Waals surface area contributed by atoms with Crippen LogP contribution in [0.1, 0.15) is 0 Å². The summed E-state index contributed by atoms with van der Waals surface area (Å²) >= 11 is 1.46. The zero-order valence-corrected chi connectivity index (χ0v) is 10.1. The predicted molar refractivity (Wildman–Crippen MR) is 59.1 cm³/mol. The molecule has 5 heteroatoms. The van der Waals surface area contributed by atoms with Gasteiger partial charge < -0.3 is 0 Å². The fraction of sp³-hybridized carbons (Fsp3) is 0.333. The minimum absolute atomic E-state index is 1.04. The lowest BCUT2D eigenvalue weighted by molar-refractivity contribution is 0.231. The van der Waals surface area contributed by atoms with Gasteiger partial charge in [-0.2, -0.15) is 13.6 Å². The molecule has 0 unspecified atom stereocenters. The summed E-state index contributed by atoms with van der Waals surface area (Å²) in [6.45, 7) is 0. The second-order valence-electron chi connectivity index (χ2n) is 2.32. The SMILES string of the molecule is CO[P+](OC)(OC)Sc1cc[c]cc1. The van der Waals surface area contributed by atoms with E-state index in [0.29, 0.717) is 0 Å². The Labute approximate surface area is 89.1 Å². The summed E-state index contributed by atoms with van der Waals surface area (Å²) in [5.41, 5.74) is 0. The molecule has 1 rings (SSSR count). The fourth-order valence-corrected chi connectivity index (χ4v) is 3.89. The Kier molecular flexibility index (Phi) is 4.85. The van der Waals surface area contributed by atoms with Gasteiger partial charge in [-0.05, 0) is 18.2 Å². The molecule has 0 aliphatic heterocycles. The highest BCUT2D eigenvalue weighted by Gasteiger charge is 2.44. The van der Waals surface area contributed by atoms with E-state index in [-0.39, 0.29) is 0 Å².